The zero-order valence-corrected chi connectivity index (χ0v) is 16.3. The molecule has 2 fully saturated rings. The standard InChI is InChI=1S/C20H26N4OS/c1-14(26-20-22-21-13-23(20)2)16-6-3-5-15(9-16)10-19(25)24-11-17-7-4-8-18(17)12-24/h3,5-6,9,13-14,17-18H,4,7-8,10-12H2,1-2H3/t14-,17?,18?/m0/s1. The van der Waals surface area contributed by atoms with Crippen molar-refractivity contribution in [2.24, 2.45) is 18.9 Å². The van der Waals surface area contributed by atoms with Crippen LogP contribution in [-0.4, -0.2) is 38.7 Å². The molecule has 1 aliphatic heterocycles. The van der Waals surface area contributed by atoms with Crippen molar-refractivity contribution in [2.75, 3.05) is 13.1 Å². The minimum absolute atomic E-state index is 0.263. The fraction of sp³-hybridized carbons (Fsp3) is 0.550. The molecule has 1 saturated heterocycles. The monoisotopic (exact) mass is 370 g/mol. The summed E-state index contributed by atoms with van der Waals surface area (Å²) in [5, 5.41) is 9.25. The van der Waals surface area contributed by atoms with Gasteiger partial charge in [-0.3, -0.25) is 4.79 Å². The first kappa shape index (κ1) is 17.6. The molecule has 138 valence electrons. The lowest BCUT2D eigenvalue weighted by Gasteiger charge is -2.18. The van der Waals surface area contributed by atoms with Crippen LogP contribution in [0, 0.1) is 11.8 Å². The van der Waals surface area contributed by atoms with E-state index in [9.17, 15) is 4.79 Å². The number of amides is 1. The quantitative estimate of drug-likeness (QED) is 0.756. The largest absolute Gasteiger partial charge is 0.342 e. The third kappa shape index (κ3) is 3.65. The Kier molecular flexibility index (Phi) is 5.02. The van der Waals surface area contributed by atoms with E-state index in [4.69, 9.17) is 0 Å². The predicted octanol–water partition coefficient (Wildman–Crippen LogP) is 3.47. The smallest absolute Gasteiger partial charge is 0.227 e. The summed E-state index contributed by atoms with van der Waals surface area (Å²) in [4.78, 5) is 14.8. The normalized spacial score (nSPS) is 23.2. The number of fused-ring (bicyclic) bond motifs is 1. The van der Waals surface area contributed by atoms with Crippen LogP contribution in [0.4, 0.5) is 0 Å². The minimum Gasteiger partial charge on any atom is -0.342 e. The van der Waals surface area contributed by atoms with Gasteiger partial charge in [-0.1, -0.05) is 42.4 Å². The van der Waals surface area contributed by atoms with Crippen LogP contribution in [0.15, 0.2) is 35.7 Å². The average Bonchev–Trinajstić information content (AvgIpc) is 3.32. The molecule has 0 N–H and O–H groups in total. The van der Waals surface area contributed by atoms with Gasteiger partial charge in [0.2, 0.25) is 5.91 Å². The van der Waals surface area contributed by atoms with Crippen molar-refractivity contribution in [2.45, 2.75) is 43.0 Å². The van der Waals surface area contributed by atoms with Gasteiger partial charge in [-0.15, -0.1) is 10.2 Å². The molecule has 1 amide bonds. The van der Waals surface area contributed by atoms with Crippen molar-refractivity contribution in [1.29, 1.82) is 0 Å². The fourth-order valence-corrected chi connectivity index (χ4v) is 5.19. The Bertz CT molecular complexity index is 778. The maximum Gasteiger partial charge on any atom is 0.227 e. The summed E-state index contributed by atoms with van der Waals surface area (Å²) in [7, 11) is 1.95. The molecule has 5 nitrogen and oxygen atoms in total. The summed E-state index contributed by atoms with van der Waals surface area (Å²) < 4.78 is 1.93. The summed E-state index contributed by atoms with van der Waals surface area (Å²) in [5.74, 6) is 1.80. The van der Waals surface area contributed by atoms with E-state index in [1.807, 2.05) is 11.6 Å². The molecular weight excluding hydrogens is 344 g/mol. The van der Waals surface area contributed by atoms with E-state index in [1.54, 1.807) is 18.1 Å². The van der Waals surface area contributed by atoms with E-state index < -0.39 is 0 Å². The van der Waals surface area contributed by atoms with Crippen molar-refractivity contribution in [1.82, 2.24) is 19.7 Å². The average molecular weight is 371 g/mol. The third-order valence-corrected chi connectivity index (χ3v) is 7.01. The molecule has 26 heavy (non-hydrogen) atoms. The number of likely N-dealkylation sites (tertiary alicyclic amines) is 1. The highest BCUT2D eigenvalue weighted by Gasteiger charge is 2.37. The maximum atomic E-state index is 12.7. The van der Waals surface area contributed by atoms with Gasteiger partial charge in [0.05, 0.1) is 6.42 Å². The molecular formula is C20H26N4OS. The van der Waals surface area contributed by atoms with Crippen LogP contribution in [0.1, 0.15) is 42.6 Å². The lowest BCUT2D eigenvalue weighted by molar-refractivity contribution is -0.129. The van der Waals surface area contributed by atoms with E-state index in [0.29, 0.717) is 6.42 Å². The molecule has 0 spiro atoms. The molecule has 2 aliphatic rings. The zero-order chi connectivity index (χ0) is 18.1. The number of aryl methyl sites for hydroxylation is 1. The first-order valence-electron chi connectivity index (χ1n) is 9.47. The number of carbonyl (C=O) groups is 1. The van der Waals surface area contributed by atoms with Crippen LogP contribution in [0.3, 0.4) is 0 Å². The lowest BCUT2D eigenvalue weighted by atomic mass is 10.0. The van der Waals surface area contributed by atoms with E-state index in [-0.39, 0.29) is 11.2 Å². The summed E-state index contributed by atoms with van der Waals surface area (Å²) in [5.41, 5.74) is 2.33. The lowest BCUT2D eigenvalue weighted by Crippen LogP contribution is -2.30. The van der Waals surface area contributed by atoms with Crippen LogP contribution in [0.5, 0.6) is 0 Å². The summed E-state index contributed by atoms with van der Waals surface area (Å²) in [6, 6.07) is 8.42. The summed E-state index contributed by atoms with van der Waals surface area (Å²) in [6.45, 7) is 4.12. The van der Waals surface area contributed by atoms with Gasteiger partial charge in [-0.25, -0.2) is 0 Å². The van der Waals surface area contributed by atoms with E-state index in [2.05, 4.69) is 46.3 Å². The molecule has 2 aromatic rings. The summed E-state index contributed by atoms with van der Waals surface area (Å²) >= 11 is 1.69. The number of aromatic nitrogens is 3. The first-order chi connectivity index (χ1) is 12.6. The minimum atomic E-state index is 0.263. The topological polar surface area (TPSA) is 51.0 Å². The number of benzene rings is 1. The highest BCUT2D eigenvalue weighted by Crippen LogP contribution is 2.38. The maximum absolute atomic E-state index is 12.7. The molecule has 0 radical (unpaired) electrons. The predicted molar refractivity (Wildman–Crippen MR) is 103 cm³/mol. The third-order valence-electron chi connectivity index (χ3n) is 5.81. The molecule has 4 rings (SSSR count). The number of hydrogen-bond acceptors (Lipinski definition) is 4. The first-order valence-corrected chi connectivity index (χ1v) is 10.4. The highest BCUT2D eigenvalue weighted by molar-refractivity contribution is 7.99. The molecule has 1 saturated carbocycles. The second-order valence-electron chi connectivity index (χ2n) is 7.66. The van der Waals surface area contributed by atoms with Gasteiger partial charge in [0.1, 0.15) is 6.33 Å². The van der Waals surface area contributed by atoms with Crippen molar-refractivity contribution >= 4 is 17.7 Å². The van der Waals surface area contributed by atoms with Crippen LogP contribution >= 0.6 is 11.8 Å². The Morgan fingerprint density at radius 1 is 1.31 bits per heavy atom. The highest BCUT2D eigenvalue weighted by atomic mass is 32.2. The second-order valence-corrected chi connectivity index (χ2v) is 8.96. The second kappa shape index (κ2) is 7.43. The van der Waals surface area contributed by atoms with E-state index in [1.165, 1.54) is 24.8 Å². The molecule has 6 heteroatoms. The molecule has 3 atom stereocenters. The fourth-order valence-electron chi connectivity index (χ4n) is 4.29. The van der Waals surface area contributed by atoms with Crippen molar-refractivity contribution in [3.8, 4) is 0 Å². The van der Waals surface area contributed by atoms with Gasteiger partial charge >= 0.3 is 0 Å². The summed E-state index contributed by atoms with van der Waals surface area (Å²) in [6.07, 6.45) is 6.19. The SMILES string of the molecule is C[C@H](Sc1nncn1C)c1cccc(CC(=O)N2CC3CCCC3C2)c1. The number of thioether (sulfide) groups is 1. The number of rotatable bonds is 5. The van der Waals surface area contributed by atoms with Gasteiger partial charge in [0, 0.05) is 25.4 Å². The Balaban J connectivity index is 1.39. The van der Waals surface area contributed by atoms with Crippen LogP contribution in [0.25, 0.3) is 0 Å². The van der Waals surface area contributed by atoms with E-state index >= 15 is 0 Å². The number of hydrogen-bond donors (Lipinski definition) is 0. The molecule has 2 unspecified atom stereocenters. The Morgan fingerprint density at radius 2 is 2.08 bits per heavy atom. The van der Waals surface area contributed by atoms with E-state index in [0.717, 1.165) is 35.6 Å². The molecule has 1 aromatic carbocycles. The number of carbonyl (C=O) groups excluding carboxylic acids is 1. The Labute approximate surface area is 159 Å². The van der Waals surface area contributed by atoms with Gasteiger partial charge < -0.3 is 9.47 Å². The van der Waals surface area contributed by atoms with Gasteiger partial charge in [-0.05, 0) is 42.7 Å². The van der Waals surface area contributed by atoms with Crippen molar-refractivity contribution in [3.05, 3.63) is 41.7 Å². The molecule has 2 heterocycles. The van der Waals surface area contributed by atoms with Crippen molar-refractivity contribution < 1.29 is 4.79 Å². The van der Waals surface area contributed by atoms with Crippen LogP contribution in [0.2, 0.25) is 0 Å². The van der Waals surface area contributed by atoms with Gasteiger partial charge in [-0.2, -0.15) is 0 Å². The van der Waals surface area contributed by atoms with Gasteiger partial charge in [0.15, 0.2) is 5.16 Å². The molecule has 1 aliphatic carbocycles. The molecule has 0 bridgehead atoms. The van der Waals surface area contributed by atoms with Gasteiger partial charge in [0.25, 0.3) is 0 Å². The van der Waals surface area contributed by atoms with Crippen molar-refractivity contribution in [3.63, 3.8) is 0 Å². The zero-order valence-electron chi connectivity index (χ0n) is 15.5. The Hall–Kier alpha value is -1.82. The molecule has 1 aromatic heterocycles. The van der Waals surface area contributed by atoms with Crippen LogP contribution in [-0.2, 0) is 18.3 Å². The van der Waals surface area contributed by atoms with Crippen LogP contribution < -0.4 is 0 Å². The Morgan fingerprint density at radius 3 is 2.77 bits per heavy atom. The number of nitrogens with zero attached hydrogens (tertiary/aromatic N) is 4.